The molecule has 0 heterocycles. The van der Waals surface area contributed by atoms with Crippen molar-refractivity contribution in [2.45, 2.75) is 6.92 Å². The Hall–Kier alpha value is 0.396. The van der Waals surface area contributed by atoms with Gasteiger partial charge in [0.2, 0.25) is 0 Å². The number of carbonyl (C=O) groups is 1. The van der Waals surface area contributed by atoms with Crippen molar-refractivity contribution in [1.82, 2.24) is 0 Å². The molecule has 42 valence electrons. The van der Waals surface area contributed by atoms with E-state index in [4.69, 9.17) is 20.3 Å². The molecule has 0 aromatic carbocycles. The van der Waals surface area contributed by atoms with Crippen molar-refractivity contribution < 1.29 is 15.0 Å². The molecule has 0 fully saturated rings. The zero-order chi connectivity index (χ0) is 6.28. The Bertz CT molecular complexity index is 83.0. The SMILES string of the molecule is CC#N.O=C(O)O.[KH]. The quantitative estimate of drug-likeness (QED) is 0.471. The van der Waals surface area contributed by atoms with E-state index in [1.165, 1.54) is 6.92 Å². The van der Waals surface area contributed by atoms with Gasteiger partial charge in [0.05, 0.1) is 6.07 Å². The Morgan fingerprint density at radius 3 is 1.62 bits per heavy atom. The Balaban J connectivity index is -0.0000000575. The van der Waals surface area contributed by atoms with Crippen molar-refractivity contribution in [1.29, 1.82) is 5.26 Å². The van der Waals surface area contributed by atoms with Crippen LogP contribution in [0, 0.1) is 11.3 Å². The second-order valence-corrected chi connectivity index (χ2v) is 0.506. The summed E-state index contributed by atoms with van der Waals surface area (Å²) in [7, 11) is 0. The molecular weight excluding hydrogens is 137 g/mol. The van der Waals surface area contributed by atoms with Crippen LogP contribution in [0.15, 0.2) is 0 Å². The molecule has 0 bridgehead atoms. The molecule has 0 saturated heterocycles. The van der Waals surface area contributed by atoms with Gasteiger partial charge in [0.25, 0.3) is 0 Å². The molecule has 2 N–H and O–H groups in total. The predicted octanol–water partition coefficient (Wildman–Crippen LogP) is 0.104. The van der Waals surface area contributed by atoms with Gasteiger partial charge in [-0.15, -0.1) is 0 Å². The molecule has 0 spiro atoms. The van der Waals surface area contributed by atoms with E-state index in [-0.39, 0.29) is 51.4 Å². The molecule has 0 aliphatic heterocycles. The van der Waals surface area contributed by atoms with Gasteiger partial charge in [0.1, 0.15) is 0 Å². The second-order valence-electron chi connectivity index (χ2n) is 0.506. The van der Waals surface area contributed by atoms with Crippen LogP contribution >= 0.6 is 0 Å². The topological polar surface area (TPSA) is 81.3 Å². The van der Waals surface area contributed by atoms with Gasteiger partial charge in [-0.25, -0.2) is 4.79 Å². The van der Waals surface area contributed by atoms with E-state index in [9.17, 15) is 0 Å². The third-order valence-electron chi connectivity index (χ3n) is 0. The van der Waals surface area contributed by atoms with E-state index >= 15 is 0 Å². The zero-order valence-corrected chi connectivity index (χ0v) is 3.75. The van der Waals surface area contributed by atoms with Crippen LogP contribution in [0.4, 0.5) is 4.79 Å². The first-order valence-electron chi connectivity index (χ1n) is 1.37. The number of hydrogen-bond acceptors (Lipinski definition) is 2. The average Bonchev–Trinajstić information content (AvgIpc) is 1.33. The van der Waals surface area contributed by atoms with Gasteiger partial charge in [-0.3, -0.25) is 0 Å². The third kappa shape index (κ3) is 1190. The maximum absolute atomic E-state index is 8.56. The maximum atomic E-state index is 8.56. The minimum atomic E-state index is -1.83. The van der Waals surface area contributed by atoms with Crippen molar-refractivity contribution in [2.24, 2.45) is 0 Å². The molecule has 0 aromatic heterocycles. The van der Waals surface area contributed by atoms with E-state index < -0.39 is 6.16 Å². The van der Waals surface area contributed by atoms with Crippen molar-refractivity contribution in [3.63, 3.8) is 0 Å². The minimum absolute atomic E-state index is 0. The number of hydrogen-bond donors (Lipinski definition) is 2. The Morgan fingerprint density at radius 1 is 1.62 bits per heavy atom. The van der Waals surface area contributed by atoms with E-state index in [0.29, 0.717) is 0 Å². The summed E-state index contributed by atoms with van der Waals surface area (Å²) < 4.78 is 0. The van der Waals surface area contributed by atoms with Crippen molar-refractivity contribution >= 4 is 57.5 Å². The third-order valence-corrected chi connectivity index (χ3v) is 0. The van der Waals surface area contributed by atoms with E-state index in [1.54, 1.807) is 6.07 Å². The van der Waals surface area contributed by atoms with Gasteiger partial charge < -0.3 is 10.2 Å². The van der Waals surface area contributed by atoms with Crippen LogP contribution < -0.4 is 0 Å². The van der Waals surface area contributed by atoms with Gasteiger partial charge in [-0.1, -0.05) is 0 Å². The van der Waals surface area contributed by atoms with Gasteiger partial charge in [0, 0.05) is 6.92 Å². The molecule has 0 unspecified atom stereocenters. The fourth-order valence-electron chi connectivity index (χ4n) is 0. The van der Waals surface area contributed by atoms with E-state index in [0.717, 1.165) is 0 Å². The first-order chi connectivity index (χ1) is 3.15. The number of nitriles is 1. The molecule has 0 aliphatic rings. The molecule has 0 amide bonds. The second kappa shape index (κ2) is 15.7. The summed E-state index contributed by atoms with van der Waals surface area (Å²) in [5.74, 6) is 0. The van der Waals surface area contributed by atoms with Gasteiger partial charge in [-0.05, 0) is 0 Å². The van der Waals surface area contributed by atoms with Crippen LogP contribution in [0.25, 0.3) is 0 Å². The molecule has 5 heteroatoms. The van der Waals surface area contributed by atoms with Crippen LogP contribution in [0.2, 0.25) is 0 Å². The molecule has 0 saturated carbocycles. The van der Waals surface area contributed by atoms with Crippen LogP contribution in [0.3, 0.4) is 0 Å². The average molecular weight is 143 g/mol. The summed E-state index contributed by atoms with van der Waals surface area (Å²) in [6, 6.07) is 1.75. The number of carboxylic acid groups (broad SMARTS) is 2. The Morgan fingerprint density at radius 2 is 1.62 bits per heavy atom. The summed E-state index contributed by atoms with van der Waals surface area (Å²) in [5, 5.41) is 21.3. The summed E-state index contributed by atoms with van der Waals surface area (Å²) >= 11 is 0. The molecule has 0 rings (SSSR count). The van der Waals surface area contributed by atoms with Crippen molar-refractivity contribution in [3.05, 3.63) is 0 Å². The van der Waals surface area contributed by atoms with E-state index in [2.05, 4.69) is 0 Å². The normalized spacial score (nSPS) is 4.00. The van der Waals surface area contributed by atoms with Crippen LogP contribution in [-0.4, -0.2) is 67.8 Å². The Kier molecular flexibility index (Phi) is 30.9. The predicted molar refractivity (Wildman–Crippen MR) is 29.1 cm³/mol. The summed E-state index contributed by atoms with van der Waals surface area (Å²) in [4.78, 5) is 8.56. The van der Waals surface area contributed by atoms with Crippen LogP contribution in [0.5, 0.6) is 0 Å². The number of nitrogens with zero attached hydrogens (tertiary/aromatic N) is 1. The fourth-order valence-corrected chi connectivity index (χ4v) is 0. The number of rotatable bonds is 0. The van der Waals surface area contributed by atoms with Crippen molar-refractivity contribution in [2.75, 3.05) is 0 Å². The van der Waals surface area contributed by atoms with Crippen molar-refractivity contribution in [3.8, 4) is 6.07 Å². The zero-order valence-electron chi connectivity index (χ0n) is 3.75. The molecule has 0 radical (unpaired) electrons. The monoisotopic (exact) mass is 143 g/mol. The molecule has 4 nitrogen and oxygen atoms in total. The standard InChI is InChI=1S/C2H3N.CH2O3.K.H/c1-2-3;2-1(3)4;;/h1H3;(H2,2,3,4);;. The Labute approximate surface area is 89.5 Å². The first-order valence-corrected chi connectivity index (χ1v) is 1.37. The fraction of sp³-hybridized carbons (Fsp3) is 0.333. The summed E-state index contributed by atoms with van der Waals surface area (Å²) in [6.45, 7) is 1.43. The summed E-state index contributed by atoms with van der Waals surface area (Å²) in [5.41, 5.74) is 0. The summed E-state index contributed by atoms with van der Waals surface area (Å²) in [6.07, 6.45) is -1.83. The van der Waals surface area contributed by atoms with Gasteiger partial charge in [-0.2, -0.15) is 5.26 Å². The first kappa shape index (κ1) is 15.8. The van der Waals surface area contributed by atoms with Crippen LogP contribution in [0.1, 0.15) is 6.92 Å². The molecule has 0 aliphatic carbocycles. The molecule has 0 atom stereocenters. The molecule has 8 heavy (non-hydrogen) atoms. The van der Waals surface area contributed by atoms with E-state index in [1.807, 2.05) is 0 Å². The van der Waals surface area contributed by atoms with Crippen LogP contribution in [-0.2, 0) is 0 Å². The van der Waals surface area contributed by atoms with Gasteiger partial charge >= 0.3 is 57.5 Å². The van der Waals surface area contributed by atoms with Gasteiger partial charge in [0.15, 0.2) is 0 Å². The molecular formula is C3H6KNO3. The molecule has 0 aromatic rings.